The lowest BCUT2D eigenvalue weighted by Gasteiger charge is -2.07. The van der Waals surface area contributed by atoms with Crippen molar-refractivity contribution in [2.24, 2.45) is 0 Å². The second kappa shape index (κ2) is 7.92. The molecule has 0 aliphatic heterocycles. The topological polar surface area (TPSA) is 88.9 Å². The highest BCUT2D eigenvalue weighted by Crippen LogP contribution is 2.03. The summed E-state index contributed by atoms with van der Waals surface area (Å²) in [5, 5.41) is 13.4. The molecule has 1 amide bonds. The lowest BCUT2D eigenvalue weighted by molar-refractivity contribution is 0.0957. The summed E-state index contributed by atoms with van der Waals surface area (Å²) in [6, 6.07) is 8.49. The number of carbonyl (C=O) groups excluding carboxylic acids is 1. The van der Waals surface area contributed by atoms with Crippen molar-refractivity contribution in [1.29, 1.82) is 0 Å². The van der Waals surface area contributed by atoms with Gasteiger partial charge in [0.2, 0.25) is 5.56 Å². The molecule has 0 unspecified atom stereocenters. The van der Waals surface area contributed by atoms with E-state index in [0.29, 0.717) is 12.4 Å². The molecule has 0 saturated carbocycles. The van der Waals surface area contributed by atoms with Gasteiger partial charge < -0.3 is 15.2 Å². The third kappa shape index (κ3) is 4.41. The molecule has 0 saturated heterocycles. The summed E-state index contributed by atoms with van der Waals surface area (Å²) in [6.45, 7) is 1.43. The van der Waals surface area contributed by atoms with Crippen molar-refractivity contribution in [3.8, 4) is 0 Å². The fourth-order valence-electron chi connectivity index (χ4n) is 1.94. The van der Waals surface area contributed by atoms with Gasteiger partial charge in [-0.15, -0.1) is 10.2 Å². The first-order valence-electron chi connectivity index (χ1n) is 7.16. The molecular formula is C15H19N5O2. The van der Waals surface area contributed by atoms with E-state index in [4.69, 9.17) is 0 Å². The van der Waals surface area contributed by atoms with Crippen LogP contribution in [0.25, 0.3) is 0 Å². The summed E-state index contributed by atoms with van der Waals surface area (Å²) in [4.78, 5) is 22.8. The van der Waals surface area contributed by atoms with Crippen LogP contribution in [0.3, 0.4) is 0 Å². The van der Waals surface area contributed by atoms with Gasteiger partial charge in [0.1, 0.15) is 5.82 Å². The molecule has 0 aliphatic carbocycles. The third-order valence-electron chi connectivity index (χ3n) is 3.16. The number of amides is 1. The Hall–Kier alpha value is -2.70. The van der Waals surface area contributed by atoms with E-state index in [9.17, 15) is 9.59 Å². The Labute approximate surface area is 128 Å². The molecule has 2 aromatic rings. The third-order valence-corrected chi connectivity index (χ3v) is 3.16. The SMILES string of the molecule is CNC(=O)c1ccc(NCCCCn2ccccc2=O)nn1. The van der Waals surface area contributed by atoms with Gasteiger partial charge in [-0.05, 0) is 31.0 Å². The van der Waals surface area contributed by atoms with Gasteiger partial charge in [-0.25, -0.2) is 0 Å². The number of anilines is 1. The highest BCUT2D eigenvalue weighted by atomic mass is 16.1. The minimum atomic E-state index is -0.257. The van der Waals surface area contributed by atoms with Crippen LogP contribution < -0.4 is 16.2 Å². The number of carbonyl (C=O) groups is 1. The van der Waals surface area contributed by atoms with E-state index >= 15 is 0 Å². The fourth-order valence-corrected chi connectivity index (χ4v) is 1.94. The number of nitrogens with zero attached hydrogens (tertiary/aromatic N) is 3. The van der Waals surface area contributed by atoms with Crippen molar-refractivity contribution < 1.29 is 4.79 Å². The van der Waals surface area contributed by atoms with Gasteiger partial charge in [0, 0.05) is 32.4 Å². The molecule has 0 spiro atoms. The van der Waals surface area contributed by atoms with Gasteiger partial charge in [-0.1, -0.05) is 6.07 Å². The van der Waals surface area contributed by atoms with E-state index in [1.165, 1.54) is 0 Å². The molecule has 0 radical (unpaired) electrons. The highest BCUT2D eigenvalue weighted by Gasteiger charge is 2.04. The molecule has 0 atom stereocenters. The number of pyridine rings is 1. The maximum Gasteiger partial charge on any atom is 0.271 e. The van der Waals surface area contributed by atoms with Gasteiger partial charge >= 0.3 is 0 Å². The predicted molar refractivity (Wildman–Crippen MR) is 83.8 cm³/mol. The molecule has 2 N–H and O–H groups in total. The fraction of sp³-hybridized carbons (Fsp3) is 0.333. The van der Waals surface area contributed by atoms with Crippen molar-refractivity contribution in [3.63, 3.8) is 0 Å². The molecule has 22 heavy (non-hydrogen) atoms. The van der Waals surface area contributed by atoms with Crippen molar-refractivity contribution in [2.45, 2.75) is 19.4 Å². The summed E-state index contributed by atoms with van der Waals surface area (Å²) in [7, 11) is 1.55. The molecule has 2 rings (SSSR count). The zero-order valence-electron chi connectivity index (χ0n) is 12.5. The first kappa shape index (κ1) is 15.7. The Kier molecular flexibility index (Phi) is 5.65. The summed E-state index contributed by atoms with van der Waals surface area (Å²) in [6.07, 6.45) is 3.58. The van der Waals surface area contributed by atoms with Crippen molar-refractivity contribution in [2.75, 3.05) is 18.9 Å². The zero-order valence-corrected chi connectivity index (χ0v) is 12.5. The smallest absolute Gasteiger partial charge is 0.271 e. The first-order chi connectivity index (χ1) is 10.7. The van der Waals surface area contributed by atoms with E-state index in [-0.39, 0.29) is 17.2 Å². The van der Waals surface area contributed by atoms with Gasteiger partial charge in [-0.2, -0.15) is 0 Å². The molecule has 0 aromatic carbocycles. The zero-order chi connectivity index (χ0) is 15.8. The lowest BCUT2D eigenvalue weighted by atomic mass is 10.3. The number of aryl methyl sites for hydroxylation is 1. The van der Waals surface area contributed by atoms with Crippen molar-refractivity contribution >= 4 is 11.7 Å². The largest absolute Gasteiger partial charge is 0.369 e. The lowest BCUT2D eigenvalue weighted by Crippen LogP contribution is -2.20. The average molecular weight is 301 g/mol. The normalized spacial score (nSPS) is 10.2. The van der Waals surface area contributed by atoms with E-state index in [1.54, 1.807) is 42.1 Å². The van der Waals surface area contributed by atoms with Crippen LogP contribution in [0.15, 0.2) is 41.3 Å². The molecule has 116 valence electrons. The van der Waals surface area contributed by atoms with Gasteiger partial charge in [0.25, 0.3) is 5.91 Å². The predicted octanol–water partition coefficient (Wildman–Crippen LogP) is 0.890. The van der Waals surface area contributed by atoms with Crippen LogP contribution in [0, 0.1) is 0 Å². The molecule has 7 nitrogen and oxygen atoms in total. The van der Waals surface area contributed by atoms with Crippen molar-refractivity contribution in [1.82, 2.24) is 20.1 Å². The maximum atomic E-state index is 11.5. The van der Waals surface area contributed by atoms with E-state index < -0.39 is 0 Å². The van der Waals surface area contributed by atoms with E-state index in [1.807, 2.05) is 6.07 Å². The highest BCUT2D eigenvalue weighted by molar-refractivity contribution is 5.91. The Balaban J connectivity index is 1.72. The Morgan fingerprint density at radius 3 is 2.73 bits per heavy atom. The molecule has 2 aromatic heterocycles. The number of unbranched alkanes of at least 4 members (excludes halogenated alkanes) is 1. The minimum Gasteiger partial charge on any atom is -0.369 e. The van der Waals surface area contributed by atoms with Crippen LogP contribution in [0.2, 0.25) is 0 Å². The van der Waals surface area contributed by atoms with Crippen molar-refractivity contribution in [3.05, 3.63) is 52.6 Å². The number of aromatic nitrogens is 3. The first-order valence-corrected chi connectivity index (χ1v) is 7.16. The standard InChI is InChI=1S/C15H19N5O2/c1-16-15(22)12-7-8-13(19-18-12)17-9-3-5-11-20-10-4-2-6-14(20)21/h2,4,6-8,10H,3,5,9,11H2,1H3,(H,16,22)(H,17,19). The van der Waals surface area contributed by atoms with Gasteiger partial charge in [0.05, 0.1) is 0 Å². The van der Waals surface area contributed by atoms with Gasteiger partial charge in [0.15, 0.2) is 5.69 Å². The van der Waals surface area contributed by atoms with E-state index in [0.717, 1.165) is 19.4 Å². The summed E-state index contributed by atoms with van der Waals surface area (Å²) < 4.78 is 1.69. The van der Waals surface area contributed by atoms with Crippen LogP contribution in [-0.4, -0.2) is 34.3 Å². The molecule has 0 aliphatic rings. The number of hydrogen-bond donors (Lipinski definition) is 2. The molecule has 2 heterocycles. The maximum absolute atomic E-state index is 11.5. The van der Waals surface area contributed by atoms with Crippen LogP contribution in [0.1, 0.15) is 23.3 Å². The van der Waals surface area contributed by atoms with Crippen LogP contribution in [-0.2, 0) is 6.54 Å². The number of rotatable bonds is 7. The minimum absolute atomic E-state index is 0.0196. The quantitative estimate of drug-likeness (QED) is 0.741. The summed E-state index contributed by atoms with van der Waals surface area (Å²) in [5.41, 5.74) is 0.308. The van der Waals surface area contributed by atoms with E-state index in [2.05, 4.69) is 20.8 Å². The average Bonchev–Trinajstić information content (AvgIpc) is 2.56. The van der Waals surface area contributed by atoms with Gasteiger partial charge in [-0.3, -0.25) is 9.59 Å². The number of nitrogens with one attached hydrogen (secondary N) is 2. The second-order valence-electron chi connectivity index (χ2n) is 4.75. The molecular weight excluding hydrogens is 282 g/mol. The molecule has 0 fully saturated rings. The Bertz CT molecular complexity index is 666. The summed E-state index contributed by atoms with van der Waals surface area (Å²) >= 11 is 0. The Morgan fingerprint density at radius 2 is 2.05 bits per heavy atom. The van der Waals surface area contributed by atoms with Crippen LogP contribution in [0.5, 0.6) is 0 Å². The second-order valence-corrected chi connectivity index (χ2v) is 4.75. The number of hydrogen-bond acceptors (Lipinski definition) is 5. The van der Waals surface area contributed by atoms with Crippen LogP contribution >= 0.6 is 0 Å². The summed E-state index contributed by atoms with van der Waals surface area (Å²) in [5.74, 6) is 0.372. The molecule has 0 bridgehead atoms. The Morgan fingerprint density at radius 1 is 1.18 bits per heavy atom. The molecule has 7 heteroatoms. The van der Waals surface area contributed by atoms with Crippen LogP contribution in [0.4, 0.5) is 5.82 Å². The monoisotopic (exact) mass is 301 g/mol.